The Morgan fingerprint density at radius 3 is 2.74 bits per heavy atom. The average molecular weight is 324 g/mol. The van der Waals surface area contributed by atoms with Crippen molar-refractivity contribution < 1.29 is 9.15 Å². The third-order valence-electron chi connectivity index (χ3n) is 2.99. The molecule has 0 aliphatic carbocycles. The molecule has 0 atom stereocenters. The number of aromatic nitrogens is 3. The van der Waals surface area contributed by atoms with Gasteiger partial charge in [0.2, 0.25) is 5.89 Å². The molecule has 7 heteroatoms. The van der Waals surface area contributed by atoms with Gasteiger partial charge in [-0.2, -0.15) is 5.26 Å². The zero-order chi connectivity index (χ0) is 16.1. The van der Waals surface area contributed by atoms with Crippen molar-refractivity contribution in [3.05, 3.63) is 59.6 Å². The molecule has 6 nitrogen and oxygen atoms in total. The first-order valence-electron chi connectivity index (χ1n) is 6.77. The van der Waals surface area contributed by atoms with Gasteiger partial charge < -0.3 is 9.15 Å². The van der Waals surface area contributed by atoms with Crippen molar-refractivity contribution in [3.8, 4) is 11.8 Å². The summed E-state index contributed by atoms with van der Waals surface area (Å²) in [6.45, 7) is 0. The van der Waals surface area contributed by atoms with Crippen molar-refractivity contribution in [2.75, 3.05) is 7.11 Å². The summed E-state index contributed by atoms with van der Waals surface area (Å²) in [4.78, 5) is 4.16. The molecule has 23 heavy (non-hydrogen) atoms. The highest BCUT2D eigenvalue weighted by molar-refractivity contribution is 7.99. The number of methoxy groups -OCH3 is 1. The fourth-order valence-electron chi connectivity index (χ4n) is 1.89. The maximum absolute atomic E-state index is 8.85. The summed E-state index contributed by atoms with van der Waals surface area (Å²) in [6, 6.07) is 14.9. The Bertz CT molecular complexity index is 840. The van der Waals surface area contributed by atoms with Crippen LogP contribution < -0.4 is 4.74 Å². The number of hydrogen-bond donors (Lipinski definition) is 0. The Balaban J connectivity index is 1.68. The minimum atomic E-state index is 0.355. The van der Waals surface area contributed by atoms with Crippen LogP contribution in [0.4, 0.5) is 0 Å². The van der Waals surface area contributed by atoms with E-state index in [9.17, 15) is 0 Å². The van der Waals surface area contributed by atoms with Crippen LogP contribution in [0.3, 0.4) is 0 Å². The molecule has 0 saturated carbocycles. The topological polar surface area (TPSA) is 84.8 Å². The molecule has 0 saturated heterocycles. The van der Waals surface area contributed by atoms with Crippen LogP contribution >= 0.6 is 11.8 Å². The van der Waals surface area contributed by atoms with E-state index in [0.29, 0.717) is 28.3 Å². The lowest BCUT2D eigenvalue weighted by atomic mass is 10.1. The van der Waals surface area contributed by atoms with E-state index in [1.165, 1.54) is 11.8 Å². The molecule has 0 bridgehead atoms. The largest absolute Gasteiger partial charge is 0.497 e. The predicted octanol–water partition coefficient (Wildman–Crippen LogP) is 3.09. The van der Waals surface area contributed by atoms with E-state index in [0.717, 1.165) is 11.3 Å². The minimum absolute atomic E-state index is 0.355. The van der Waals surface area contributed by atoms with Crippen molar-refractivity contribution in [1.29, 1.82) is 5.26 Å². The van der Waals surface area contributed by atoms with Gasteiger partial charge in [-0.1, -0.05) is 18.2 Å². The summed E-state index contributed by atoms with van der Waals surface area (Å²) < 4.78 is 10.7. The van der Waals surface area contributed by atoms with Gasteiger partial charge in [0.25, 0.3) is 5.22 Å². The molecule has 0 aliphatic heterocycles. The maximum Gasteiger partial charge on any atom is 0.282 e. The molecule has 0 aliphatic rings. The summed E-state index contributed by atoms with van der Waals surface area (Å²) in [6.07, 6.45) is 0.545. The van der Waals surface area contributed by atoms with Gasteiger partial charge in [0.05, 0.1) is 13.5 Å². The van der Waals surface area contributed by atoms with Gasteiger partial charge in [-0.15, -0.1) is 10.2 Å². The van der Waals surface area contributed by atoms with E-state index < -0.39 is 0 Å². The number of benzene rings is 1. The van der Waals surface area contributed by atoms with Crippen molar-refractivity contribution in [2.45, 2.75) is 16.7 Å². The highest BCUT2D eigenvalue weighted by Gasteiger charge is 2.10. The van der Waals surface area contributed by atoms with Crippen LogP contribution in [0.15, 0.2) is 57.1 Å². The highest BCUT2D eigenvalue weighted by atomic mass is 32.2. The lowest BCUT2D eigenvalue weighted by Gasteiger charge is -2.00. The lowest BCUT2D eigenvalue weighted by Crippen LogP contribution is -1.89. The number of hydrogen-bond acceptors (Lipinski definition) is 7. The zero-order valence-corrected chi connectivity index (χ0v) is 13.1. The van der Waals surface area contributed by atoms with Crippen LogP contribution in [-0.2, 0) is 6.42 Å². The van der Waals surface area contributed by atoms with E-state index >= 15 is 0 Å². The zero-order valence-electron chi connectivity index (χ0n) is 12.3. The number of pyridine rings is 1. The van der Waals surface area contributed by atoms with E-state index in [1.807, 2.05) is 30.3 Å². The first-order chi connectivity index (χ1) is 11.3. The number of rotatable bonds is 5. The van der Waals surface area contributed by atoms with Crippen LogP contribution in [0.2, 0.25) is 0 Å². The quantitative estimate of drug-likeness (QED) is 0.713. The van der Waals surface area contributed by atoms with Gasteiger partial charge >= 0.3 is 0 Å². The van der Waals surface area contributed by atoms with Gasteiger partial charge in [-0.3, -0.25) is 0 Å². The highest BCUT2D eigenvalue weighted by Crippen LogP contribution is 2.25. The van der Waals surface area contributed by atoms with Gasteiger partial charge in [-0.25, -0.2) is 4.98 Å². The van der Waals surface area contributed by atoms with Gasteiger partial charge in [0.15, 0.2) is 0 Å². The first-order valence-corrected chi connectivity index (χ1v) is 7.59. The Morgan fingerprint density at radius 2 is 2.00 bits per heavy atom. The first kappa shape index (κ1) is 15.1. The number of ether oxygens (including phenoxy) is 1. The summed E-state index contributed by atoms with van der Waals surface area (Å²) in [5.74, 6) is 1.33. The van der Waals surface area contributed by atoms with Crippen molar-refractivity contribution >= 4 is 11.8 Å². The van der Waals surface area contributed by atoms with E-state index in [2.05, 4.69) is 15.2 Å². The molecule has 3 aromatic rings. The average Bonchev–Trinajstić information content (AvgIpc) is 3.02. The minimum Gasteiger partial charge on any atom is -0.497 e. The second-order valence-corrected chi connectivity index (χ2v) is 5.53. The SMILES string of the molecule is COc1ccc(Cc2nnc(Sc3cccc(C#N)n3)o2)cc1. The summed E-state index contributed by atoms with van der Waals surface area (Å²) in [5, 5.41) is 17.9. The van der Waals surface area contributed by atoms with Crippen molar-refractivity contribution in [1.82, 2.24) is 15.2 Å². The molecule has 114 valence electrons. The van der Waals surface area contributed by atoms with Crippen LogP contribution in [0.25, 0.3) is 0 Å². The Kier molecular flexibility index (Phi) is 4.54. The van der Waals surface area contributed by atoms with Gasteiger partial charge in [-0.05, 0) is 41.6 Å². The molecule has 2 heterocycles. The molecule has 0 radical (unpaired) electrons. The van der Waals surface area contributed by atoms with Crippen molar-refractivity contribution in [2.24, 2.45) is 0 Å². The van der Waals surface area contributed by atoms with E-state index in [4.69, 9.17) is 14.4 Å². The molecule has 3 rings (SSSR count). The summed E-state index contributed by atoms with van der Waals surface area (Å²) in [5.41, 5.74) is 1.41. The Hall–Kier alpha value is -2.85. The number of nitrogens with zero attached hydrogens (tertiary/aromatic N) is 4. The molecule has 2 aromatic heterocycles. The van der Waals surface area contributed by atoms with Crippen LogP contribution in [0, 0.1) is 11.3 Å². The second-order valence-electron chi connectivity index (χ2n) is 4.56. The van der Waals surface area contributed by atoms with Crippen molar-refractivity contribution in [3.63, 3.8) is 0 Å². The Morgan fingerprint density at radius 1 is 1.17 bits per heavy atom. The molecule has 0 N–H and O–H groups in total. The molecule has 0 amide bonds. The summed E-state index contributed by atoms with van der Waals surface area (Å²) >= 11 is 1.23. The van der Waals surface area contributed by atoms with Crippen LogP contribution in [-0.4, -0.2) is 22.3 Å². The third kappa shape index (κ3) is 3.87. The van der Waals surface area contributed by atoms with Crippen LogP contribution in [0.1, 0.15) is 17.1 Å². The third-order valence-corrected chi connectivity index (χ3v) is 3.77. The maximum atomic E-state index is 8.85. The molecule has 0 fully saturated rings. The van der Waals surface area contributed by atoms with Gasteiger partial charge in [0.1, 0.15) is 22.5 Å². The predicted molar refractivity (Wildman–Crippen MR) is 83.2 cm³/mol. The Labute approximate surface area is 137 Å². The molecular weight excluding hydrogens is 312 g/mol. The normalized spacial score (nSPS) is 10.3. The van der Waals surface area contributed by atoms with E-state index in [1.54, 1.807) is 25.3 Å². The standard InChI is InChI=1S/C16H12N4O2S/c1-21-13-7-5-11(6-8-13)9-14-19-20-16(22-14)23-15-4-2-3-12(10-17)18-15/h2-8H,9H2,1H3. The number of nitriles is 1. The van der Waals surface area contributed by atoms with E-state index in [-0.39, 0.29) is 0 Å². The monoisotopic (exact) mass is 324 g/mol. The fraction of sp³-hybridized carbons (Fsp3) is 0.125. The molecule has 0 spiro atoms. The lowest BCUT2D eigenvalue weighted by molar-refractivity contribution is 0.413. The second kappa shape index (κ2) is 6.94. The molecule has 1 aromatic carbocycles. The summed E-state index contributed by atoms with van der Waals surface area (Å²) in [7, 11) is 1.63. The molecular formula is C16H12N4O2S. The fourth-order valence-corrected chi connectivity index (χ4v) is 2.58. The smallest absolute Gasteiger partial charge is 0.282 e. The van der Waals surface area contributed by atoms with Gasteiger partial charge in [0, 0.05) is 0 Å². The van der Waals surface area contributed by atoms with Crippen LogP contribution in [0.5, 0.6) is 5.75 Å². The molecule has 0 unspecified atom stereocenters.